The normalized spacial score (nSPS) is 14.7. The number of fused-ring (bicyclic) bond motifs is 1. The van der Waals surface area contributed by atoms with Gasteiger partial charge in [0.15, 0.2) is 0 Å². The number of carbonyl (C=O) groups is 2. The quantitative estimate of drug-likeness (QED) is 0.576. The average molecular weight is 389 g/mol. The van der Waals surface area contributed by atoms with Gasteiger partial charge in [0.05, 0.1) is 22.3 Å². The molecule has 2 aromatic rings. The first kappa shape index (κ1) is 18.9. The molecule has 0 atom stereocenters. The predicted molar refractivity (Wildman–Crippen MR) is 78.2 cm³/mol. The van der Waals surface area contributed by atoms with Crippen molar-refractivity contribution in [2.45, 2.75) is 19.0 Å². The van der Waals surface area contributed by atoms with E-state index < -0.39 is 47.5 Å². The summed E-state index contributed by atoms with van der Waals surface area (Å²) < 4.78 is 77.4. The first-order chi connectivity index (χ1) is 12.5. The highest BCUT2D eigenvalue weighted by atomic mass is 19.4. The minimum absolute atomic E-state index is 0.0194. The largest absolute Gasteiger partial charge is 0.416 e. The van der Waals surface area contributed by atoms with Crippen molar-refractivity contribution in [2.24, 2.45) is 0 Å². The average Bonchev–Trinajstić information content (AvgIpc) is 2.83. The van der Waals surface area contributed by atoms with Gasteiger partial charge in [0.2, 0.25) is 0 Å². The first-order valence-corrected chi connectivity index (χ1v) is 7.38. The number of amides is 2. The molecule has 2 aromatic carbocycles. The maximum atomic E-state index is 13.1. The molecular weight excluding hydrogens is 380 g/mol. The van der Waals surface area contributed by atoms with Crippen molar-refractivity contribution in [2.75, 3.05) is 0 Å². The number of benzene rings is 2. The van der Waals surface area contributed by atoms with Gasteiger partial charge in [-0.05, 0) is 29.8 Å². The zero-order valence-electron chi connectivity index (χ0n) is 13.2. The highest BCUT2D eigenvalue weighted by Gasteiger charge is 2.40. The smallest absolute Gasteiger partial charge is 0.266 e. The monoisotopic (exact) mass is 389 g/mol. The number of carbonyl (C=O) groups excluding carboxylic acids is 2. The third-order valence-corrected chi connectivity index (χ3v) is 3.85. The molecule has 0 aliphatic carbocycles. The lowest BCUT2D eigenvalue weighted by molar-refractivity contribution is -0.145. The van der Waals surface area contributed by atoms with Crippen LogP contribution in [-0.4, -0.2) is 16.9 Å². The Morgan fingerprint density at radius 3 is 1.85 bits per heavy atom. The molecule has 0 bridgehead atoms. The lowest BCUT2D eigenvalue weighted by Crippen LogP contribution is -2.30. The van der Waals surface area contributed by atoms with Crippen molar-refractivity contribution in [3.8, 4) is 0 Å². The highest BCUT2D eigenvalue weighted by molar-refractivity contribution is 6.20. The van der Waals surface area contributed by atoms with E-state index in [0.717, 1.165) is 0 Å². The molecule has 0 aromatic heterocycles. The summed E-state index contributed by atoms with van der Waals surface area (Å²) in [6.07, 6.45) is -10.0. The van der Waals surface area contributed by atoms with Gasteiger partial charge in [0.25, 0.3) is 11.8 Å². The van der Waals surface area contributed by atoms with Crippen LogP contribution in [0.1, 0.15) is 37.4 Å². The Morgan fingerprint density at radius 1 is 0.815 bits per heavy atom. The Morgan fingerprint density at radius 2 is 1.37 bits per heavy atom. The summed E-state index contributed by atoms with van der Waals surface area (Å²) in [7, 11) is 0. The first-order valence-electron chi connectivity index (χ1n) is 7.38. The summed E-state index contributed by atoms with van der Waals surface area (Å²) in [6.45, 7) is -0.918. The van der Waals surface area contributed by atoms with Gasteiger partial charge in [0, 0.05) is 0 Å². The summed E-state index contributed by atoms with van der Waals surface area (Å²) in [5.41, 5.74) is -3.64. The number of nitrogens with zero attached hydrogens (tertiary/aromatic N) is 1. The van der Waals surface area contributed by atoms with E-state index >= 15 is 0 Å². The number of hydrogen-bond donors (Lipinski definition) is 0. The van der Waals surface area contributed by atoms with E-state index in [0.29, 0.717) is 17.2 Å². The molecule has 0 saturated carbocycles. The Bertz CT molecular complexity index is 885. The second kappa shape index (κ2) is 6.38. The van der Waals surface area contributed by atoms with Crippen LogP contribution in [0.25, 0.3) is 0 Å². The second-order valence-corrected chi connectivity index (χ2v) is 5.59. The van der Waals surface area contributed by atoms with E-state index in [1.165, 1.54) is 24.3 Å². The van der Waals surface area contributed by atoms with Crippen LogP contribution in [0.15, 0.2) is 42.5 Å². The summed E-state index contributed by atoms with van der Waals surface area (Å²) in [6, 6.07) is 6.70. The highest BCUT2D eigenvalue weighted by Crippen LogP contribution is 2.37. The van der Waals surface area contributed by atoms with Crippen LogP contribution in [-0.2, 0) is 23.8 Å². The van der Waals surface area contributed by atoms with Crippen LogP contribution >= 0.6 is 0 Å². The van der Waals surface area contributed by atoms with Gasteiger partial charge in [-0.15, -0.1) is 5.06 Å². The summed E-state index contributed by atoms with van der Waals surface area (Å²) in [5, 5.41) is 0.294. The molecule has 4 nitrogen and oxygen atoms in total. The molecule has 1 aliphatic heterocycles. The third-order valence-electron chi connectivity index (χ3n) is 3.85. The lowest BCUT2D eigenvalue weighted by atomic mass is 10.0. The van der Waals surface area contributed by atoms with E-state index in [4.69, 9.17) is 4.84 Å². The van der Waals surface area contributed by atoms with Gasteiger partial charge >= 0.3 is 12.4 Å². The van der Waals surface area contributed by atoms with Crippen LogP contribution in [0.2, 0.25) is 0 Å². The molecule has 0 fully saturated rings. The van der Waals surface area contributed by atoms with Gasteiger partial charge in [-0.3, -0.25) is 14.4 Å². The van der Waals surface area contributed by atoms with Crippen molar-refractivity contribution in [3.05, 3.63) is 70.3 Å². The molecule has 0 spiro atoms. The maximum Gasteiger partial charge on any atom is 0.416 e. The number of halogens is 6. The predicted octanol–water partition coefficient (Wildman–Crippen LogP) is 4.45. The second-order valence-electron chi connectivity index (χ2n) is 5.59. The van der Waals surface area contributed by atoms with E-state index in [1.54, 1.807) is 0 Å². The molecule has 0 unspecified atom stereocenters. The molecule has 0 N–H and O–H groups in total. The maximum absolute atomic E-state index is 13.1. The third kappa shape index (κ3) is 3.52. The SMILES string of the molecule is O=C1c2ccccc2C(=O)N1OCc1ccc(C(F)(F)F)cc1C(F)(F)F. The summed E-state index contributed by atoms with van der Waals surface area (Å²) >= 11 is 0. The molecule has 2 amide bonds. The molecule has 10 heteroatoms. The van der Waals surface area contributed by atoms with Crippen LogP contribution in [0, 0.1) is 0 Å². The topological polar surface area (TPSA) is 46.6 Å². The molecule has 0 saturated heterocycles. The fraction of sp³-hybridized carbons (Fsp3) is 0.176. The zero-order valence-corrected chi connectivity index (χ0v) is 13.2. The van der Waals surface area contributed by atoms with Crippen molar-refractivity contribution in [1.82, 2.24) is 5.06 Å². The number of rotatable bonds is 3. The van der Waals surface area contributed by atoms with Crippen LogP contribution in [0.3, 0.4) is 0 Å². The van der Waals surface area contributed by atoms with E-state index in [-0.39, 0.29) is 17.2 Å². The van der Waals surface area contributed by atoms with Gasteiger partial charge in [-0.1, -0.05) is 18.2 Å². The fourth-order valence-corrected chi connectivity index (χ4v) is 2.56. The van der Waals surface area contributed by atoms with Gasteiger partial charge < -0.3 is 0 Å². The Labute approximate surface area is 147 Å². The van der Waals surface area contributed by atoms with Crippen LogP contribution < -0.4 is 0 Å². The van der Waals surface area contributed by atoms with Crippen LogP contribution in [0.5, 0.6) is 0 Å². The standard InChI is InChI=1S/C17H9F6NO3/c18-16(19,20)10-6-5-9(13(7-10)17(21,22)23)8-27-24-14(25)11-3-1-2-4-12(11)15(24)26/h1-7H,8H2. The van der Waals surface area contributed by atoms with Crippen molar-refractivity contribution in [3.63, 3.8) is 0 Å². The molecule has 1 aliphatic rings. The Balaban J connectivity index is 1.87. The van der Waals surface area contributed by atoms with Crippen molar-refractivity contribution in [1.29, 1.82) is 0 Å². The molecule has 1 heterocycles. The van der Waals surface area contributed by atoms with Gasteiger partial charge in [-0.25, -0.2) is 0 Å². The fourth-order valence-electron chi connectivity index (χ4n) is 2.56. The minimum atomic E-state index is -5.08. The molecular formula is C17H9F6NO3. The number of alkyl halides is 6. The van der Waals surface area contributed by atoms with E-state index in [2.05, 4.69) is 0 Å². The number of imide groups is 1. The van der Waals surface area contributed by atoms with Crippen molar-refractivity contribution < 1.29 is 40.8 Å². The number of hydroxylamine groups is 2. The lowest BCUT2D eigenvalue weighted by Gasteiger charge is -2.18. The molecule has 3 rings (SSSR count). The van der Waals surface area contributed by atoms with Gasteiger partial charge in [0.1, 0.15) is 6.61 Å². The number of hydrogen-bond acceptors (Lipinski definition) is 3. The molecule has 0 radical (unpaired) electrons. The zero-order chi connectivity index (χ0) is 20.0. The van der Waals surface area contributed by atoms with E-state index in [9.17, 15) is 35.9 Å². The minimum Gasteiger partial charge on any atom is -0.266 e. The van der Waals surface area contributed by atoms with Crippen molar-refractivity contribution >= 4 is 11.8 Å². The Hall–Kier alpha value is -2.88. The van der Waals surface area contributed by atoms with Crippen LogP contribution in [0.4, 0.5) is 26.3 Å². The van der Waals surface area contributed by atoms with E-state index in [1.807, 2.05) is 0 Å². The molecule has 27 heavy (non-hydrogen) atoms. The molecule has 142 valence electrons. The summed E-state index contributed by atoms with van der Waals surface area (Å²) in [5.74, 6) is -1.73. The summed E-state index contributed by atoms with van der Waals surface area (Å²) in [4.78, 5) is 29.1. The Kier molecular flexibility index (Phi) is 4.46. The van der Waals surface area contributed by atoms with Gasteiger partial charge in [-0.2, -0.15) is 26.3 Å².